The Morgan fingerprint density at radius 3 is 2.25 bits per heavy atom. The molecule has 0 aliphatic heterocycles. The predicted octanol–water partition coefficient (Wildman–Crippen LogP) is 4.74. The molecule has 0 aliphatic rings. The molecule has 2 rings (SSSR count). The maximum absolute atomic E-state index is 4.72. The normalized spacial score (nSPS) is 11.7. The number of nitrogens with zero attached hydrogens (tertiary/aromatic N) is 2. The molecule has 0 unspecified atom stereocenters. The van der Waals surface area contributed by atoms with Crippen LogP contribution in [0.4, 0.5) is 0 Å². The molecule has 106 valence electrons. The maximum atomic E-state index is 4.72. The van der Waals surface area contributed by atoms with Gasteiger partial charge in [-0.15, -0.1) is 0 Å². The lowest BCUT2D eigenvalue weighted by molar-refractivity contribution is 0.378. The lowest BCUT2D eigenvalue weighted by Gasteiger charge is -2.19. The summed E-state index contributed by atoms with van der Waals surface area (Å²) in [5.74, 6) is 0. The summed E-state index contributed by atoms with van der Waals surface area (Å²) in [5, 5.41) is 0. The van der Waals surface area contributed by atoms with Crippen LogP contribution in [0.5, 0.6) is 0 Å². The summed E-state index contributed by atoms with van der Waals surface area (Å²) in [7, 11) is 0. The van der Waals surface area contributed by atoms with Crippen molar-refractivity contribution in [1.82, 2.24) is 9.97 Å². The molecule has 0 bridgehead atoms. The van der Waals surface area contributed by atoms with Gasteiger partial charge in [0.2, 0.25) is 0 Å². The molecule has 0 aliphatic carbocycles. The number of aryl methyl sites for hydroxylation is 3. The van der Waals surface area contributed by atoms with Gasteiger partial charge in [0.05, 0.1) is 11.4 Å². The van der Waals surface area contributed by atoms with Gasteiger partial charge in [-0.2, -0.15) is 0 Å². The van der Waals surface area contributed by atoms with Gasteiger partial charge in [-0.05, 0) is 55.9 Å². The molecule has 0 spiro atoms. The van der Waals surface area contributed by atoms with E-state index in [-0.39, 0.29) is 0 Å². The van der Waals surface area contributed by atoms with Crippen LogP contribution in [0.25, 0.3) is 11.4 Å². The molecule has 2 aromatic rings. The first-order chi connectivity index (χ1) is 9.35. The molecule has 20 heavy (non-hydrogen) atoms. The van der Waals surface area contributed by atoms with Gasteiger partial charge in [-0.1, -0.05) is 32.9 Å². The molecule has 0 fully saturated rings. The van der Waals surface area contributed by atoms with E-state index in [2.05, 4.69) is 50.0 Å². The van der Waals surface area contributed by atoms with E-state index in [0.29, 0.717) is 5.41 Å². The van der Waals surface area contributed by atoms with Crippen molar-refractivity contribution in [1.29, 1.82) is 0 Å². The number of rotatable bonds is 3. The van der Waals surface area contributed by atoms with E-state index in [4.69, 9.17) is 4.98 Å². The highest BCUT2D eigenvalue weighted by molar-refractivity contribution is 5.59. The smallest absolute Gasteiger partial charge is 0.0921 e. The largest absolute Gasteiger partial charge is 0.251 e. The van der Waals surface area contributed by atoms with Gasteiger partial charge in [-0.3, -0.25) is 9.97 Å². The Balaban J connectivity index is 2.38. The van der Waals surface area contributed by atoms with E-state index in [9.17, 15) is 0 Å². The number of pyridine rings is 2. The lowest BCUT2D eigenvalue weighted by Crippen LogP contribution is -2.08. The second kappa shape index (κ2) is 5.74. The highest BCUT2D eigenvalue weighted by atomic mass is 14.8. The SMILES string of the molecule is Cc1cccc(-c2nc(C)ccc2CCC(C)(C)C)n1. The molecule has 2 heterocycles. The second-order valence-corrected chi connectivity index (χ2v) is 6.69. The third kappa shape index (κ3) is 3.89. The van der Waals surface area contributed by atoms with Crippen LogP contribution in [-0.4, -0.2) is 9.97 Å². The fourth-order valence-corrected chi connectivity index (χ4v) is 2.19. The van der Waals surface area contributed by atoms with Crippen LogP contribution in [0.15, 0.2) is 30.3 Å². The summed E-state index contributed by atoms with van der Waals surface area (Å²) < 4.78 is 0. The van der Waals surface area contributed by atoms with Crippen molar-refractivity contribution >= 4 is 0 Å². The van der Waals surface area contributed by atoms with Crippen LogP contribution >= 0.6 is 0 Å². The molecule has 0 N–H and O–H groups in total. The summed E-state index contributed by atoms with van der Waals surface area (Å²) in [6.07, 6.45) is 2.19. The summed E-state index contributed by atoms with van der Waals surface area (Å²) in [6, 6.07) is 10.4. The quantitative estimate of drug-likeness (QED) is 0.803. The third-order valence-corrected chi connectivity index (χ3v) is 3.39. The van der Waals surface area contributed by atoms with Crippen LogP contribution in [-0.2, 0) is 6.42 Å². The van der Waals surface area contributed by atoms with Gasteiger partial charge in [-0.25, -0.2) is 0 Å². The second-order valence-electron chi connectivity index (χ2n) is 6.69. The summed E-state index contributed by atoms with van der Waals surface area (Å²) in [4.78, 5) is 9.35. The average Bonchev–Trinajstić information content (AvgIpc) is 2.36. The minimum absolute atomic E-state index is 0.336. The van der Waals surface area contributed by atoms with Crippen LogP contribution in [0.2, 0.25) is 0 Å². The first-order valence-electron chi connectivity index (χ1n) is 7.26. The Hall–Kier alpha value is -1.70. The number of aromatic nitrogens is 2. The van der Waals surface area contributed by atoms with Crippen molar-refractivity contribution in [2.24, 2.45) is 5.41 Å². The zero-order chi connectivity index (χ0) is 14.8. The standard InChI is InChI=1S/C18H24N2/c1-13-7-6-8-16(19-13)17-15(10-9-14(2)20-17)11-12-18(3,4)5/h6-10H,11-12H2,1-5H3. The molecule has 2 aromatic heterocycles. The van der Waals surface area contributed by atoms with Gasteiger partial charge < -0.3 is 0 Å². The van der Waals surface area contributed by atoms with Crippen molar-refractivity contribution < 1.29 is 0 Å². The number of hydrogen-bond donors (Lipinski definition) is 0. The Kier molecular flexibility index (Phi) is 4.22. The summed E-state index contributed by atoms with van der Waals surface area (Å²) in [6.45, 7) is 10.9. The Bertz CT molecular complexity index is 595. The fourth-order valence-electron chi connectivity index (χ4n) is 2.19. The van der Waals surface area contributed by atoms with E-state index >= 15 is 0 Å². The van der Waals surface area contributed by atoms with Gasteiger partial charge >= 0.3 is 0 Å². The highest BCUT2D eigenvalue weighted by Crippen LogP contribution is 2.26. The van der Waals surface area contributed by atoms with E-state index < -0.39 is 0 Å². The van der Waals surface area contributed by atoms with Gasteiger partial charge in [0, 0.05) is 11.4 Å². The molecule has 0 saturated carbocycles. The average molecular weight is 268 g/mol. The molecule has 2 heteroatoms. The van der Waals surface area contributed by atoms with Gasteiger partial charge in [0.25, 0.3) is 0 Å². The first-order valence-corrected chi connectivity index (χ1v) is 7.26. The van der Waals surface area contributed by atoms with Gasteiger partial charge in [0.1, 0.15) is 0 Å². The number of hydrogen-bond acceptors (Lipinski definition) is 2. The Morgan fingerprint density at radius 2 is 1.60 bits per heavy atom. The van der Waals surface area contributed by atoms with E-state index in [1.54, 1.807) is 0 Å². The van der Waals surface area contributed by atoms with Crippen LogP contribution in [0.1, 0.15) is 44.1 Å². The first kappa shape index (κ1) is 14.7. The lowest BCUT2D eigenvalue weighted by atomic mass is 9.88. The minimum Gasteiger partial charge on any atom is -0.251 e. The molecule has 0 radical (unpaired) electrons. The molecular formula is C18H24N2. The van der Waals surface area contributed by atoms with Crippen LogP contribution in [0.3, 0.4) is 0 Å². The van der Waals surface area contributed by atoms with E-state index in [0.717, 1.165) is 35.6 Å². The molecule has 0 amide bonds. The summed E-state index contributed by atoms with van der Waals surface area (Å²) >= 11 is 0. The molecular weight excluding hydrogens is 244 g/mol. The topological polar surface area (TPSA) is 25.8 Å². The fraction of sp³-hybridized carbons (Fsp3) is 0.444. The van der Waals surface area contributed by atoms with Crippen molar-refractivity contribution in [3.63, 3.8) is 0 Å². The summed E-state index contributed by atoms with van der Waals surface area (Å²) in [5.41, 5.74) is 5.73. The monoisotopic (exact) mass is 268 g/mol. The third-order valence-electron chi connectivity index (χ3n) is 3.39. The van der Waals surface area contributed by atoms with Crippen molar-refractivity contribution in [2.75, 3.05) is 0 Å². The Labute approximate surface area is 122 Å². The van der Waals surface area contributed by atoms with E-state index in [1.807, 2.05) is 19.9 Å². The van der Waals surface area contributed by atoms with Gasteiger partial charge in [0.15, 0.2) is 0 Å². The molecule has 0 aromatic carbocycles. The zero-order valence-electron chi connectivity index (χ0n) is 13.2. The minimum atomic E-state index is 0.336. The predicted molar refractivity (Wildman–Crippen MR) is 84.7 cm³/mol. The van der Waals surface area contributed by atoms with Crippen molar-refractivity contribution in [3.8, 4) is 11.4 Å². The Morgan fingerprint density at radius 1 is 0.900 bits per heavy atom. The molecule has 0 saturated heterocycles. The van der Waals surface area contributed by atoms with E-state index in [1.165, 1.54) is 5.56 Å². The van der Waals surface area contributed by atoms with Crippen LogP contribution < -0.4 is 0 Å². The molecule has 0 atom stereocenters. The zero-order valence-corrected chi connectivity index (χ0v) is 13.2. The van der Waals surface area contributed by atoms with Crippen molar-refractivity contribution in [2.45, 2.75) is 47.5 Å². The van der Waals surface area contributed by atoms with Crippen molar-refractivity contribution in [3.05, 3.63) is 47.3 Å². The van der Waals surface area contributed by atoms with Crippen LogP contribution in [0, 0.1) is 19.3 Å². The highest BCUT2D eigenvalue weighted by Gasteiger charge is 2.14. The molecule has 2 nitrogen and oxygen atoms in total. The maximum Gasteiger partial charge on any atom is 0.0921 e.